The van der Waals surface area contributed by atoms with Gasteiger partial charge in [0.25, 0.3) is 5.91 Å². The fourth-order valence-electron chi connectivity index (χ4n) is 3.06. The number of carbonyl (C=O) groups is 1. The lowest BCUT2D eigenvalue weighted by atomic mass is 10.0. The number of ether oxygens (including phenoxy) is 1. The second-order valence-corrected chi connectivity index (χ2v) is 7.67. The molecule has 3 aromatic rings. The van der Waals surface area contributed by atoms with Gasteiger partial charge in [-0.05, 0) is 66.6 Å². The van der Waals surface area contributed by atoms with Gasteiger partial charge in [-0.15, -0.1) is 0 Å². The Morgan fingerprint density at radius 2 is 1.84 bits per heavy atom. The quantitative estimate of drug-likeness (QED) is 0.245. The lowest BCUT2D eigenvalue weighted by molar-refractivity contribution is -0.112. The van der Waals surface area contributed by atoms with Gasteiger partial charge in [-0.1, -0.05) is 41.4 Å². The molecule has 0 aliphatic carbocycles. The maximum atomic E-state index is 12.5. The number of nitriles is 1. The molecule has 0 spiro atoms. The van der Waals surface area contributed by atoms with Crippen LogP contribution in [0.2, 0.25) is 10.0 Å². The molecule has 0 aliphatic heterocycles. The number of anilines is 1. The molecule has 7 heteroatoms. The highest BCUT2D eigenvalue weighted by molar-refractivity contribution is 6.32. The van der Waals surface area contributed by atoms with Crippen LogP contribution < -0.4 is 10.1 Å². The highest BCUT2D eigenvalue weighted by Gasteiger charge is 2.15. The van der Waals surface area contributed by atoms with Gasteiger partial charge in [-0.3, -0.25) is 4.79 Å². The van der Waals surface area contributed by atoms with E-state index in [0.717, 1.165) is 11.1 Å². The zero-order chi connectivity index (χ0) is 23.1. The molecule has 1 amide bonds. The van der Waals surface area contributed by atoms with E-state index in [1.807, 2.05) is 37.3 Å². The van der Waals surface area contributed by atoms with Crippen LogP contribution in [-0.2, 0) is 11.2 Å². The number of amides is 1. The predicted molar refractivity (Wildman–Crippen MR) is 127 cm³/mol. The van der Waals surface area contributed by atoms with E-state index in [0.29, 0.717) is 40.1 Å². The number of hydrogen-bond acceptors (Lipinski definition) is 4. The van der Waals surface area contributed by atoms with E-state index < -0.39 is 5.91 Å². The van der Waals surface area contributed by atoms with Crippen LogP contribution in [0.25, 0.3) is 6.08 Å². The van der Waals surface area contributed by atoms with Gasteiger partial charge in [0.15, 0.2) is 0 Å². The Morgan fingerprint density at radius 1 is 1.12 bits per heavy atom. The zero-order valence-corrected chi connectivity index (χ0v) is 18.7. The number of carbonyl (C=O) groups excluding carboxylic acids is 1. The van der Waals surface area contributed by atoms with Crippen molar-refractivity contribution < 1.29 is 14.6 Å². The fraction of sp³-hybridized carbons (Fsp3) is 0.120. The topological polar surface area (TPSA) is 82.3 Å². The molecule has 0 unspecified atom stereocenters. The summed E-state index contributed by atoms with van der Waals surface area (Å²) in [6, 6.07) is 18.8. The summed E-state index contributed by atoms with van der Waals surface area (Å²) in [5.74, 6) is 0.0591. The Labute approximate surface area is 196 Å². The van der Waals surface area contributed by atoms with Crippen molar-refractivity contribution in [1.82, 2.24) is 0 Å². The van der Waals surface area contributed by atoms with Crippen LogP contribution >= 0.6 is 23.2 Å². The van der Waals surface area contributed by atoms with Crippen LogP contribution in [-0.4, -0.2) is 17.6 Å². The second-order valence-electron chi connectivity index (χ2n) is 6.85. The maximum absolute atomic E-state index is 12.5. The SMILES string of the molecule is CCOc1cc(/C=C(\C#N)C(=O)Nc2ccc(O)cc2)cc(Cl)c1Cc1ccccc1Cl. The van der Waals surface area contributed by atoms with E-state index >= 15 is 0 Å². The Hall–Kier alpha value is -3.46. The number of aromatic hydroxyl groups is 1. The summed E-state index contributed by atoms with van der Waals surface area (Å²) in [7, 11) is 0. The van der Waals surface area contributed by atoms with Crippen LogP contribution in [0.15, 0.2) is 66.2 Å². The van der Waals surface area contributed by atoms with E-state index in [4.69, 9.17) is 27.9 Å². The first-order valence-electron chi connectivity index (χ1n) is 9.82. The lowest BCUT2D eigenvalue weighted by Crippen LogP contribution is -2.13. The van der Waals surface area contributed by atoms with Crippen molar-refractivity contribution in [1.29, 1.82) is 5.26 Å². The second kappa shape index (κ2) is 10.7. The minimum absolute atomic E-state index is 0.0778. The first-order valence-corrected chi connectivity index (χ1v) is 10.6. The van der Waals surface area contributed by atoms with Gasteiger partial charge in [0, 0.05) is 27.7 Å². The summed E-state index contributed by atoms with van der Waals surface area (Å²) in [6.07, 6.45) is 1.92. The third-order valence-electron chi connectivity index (χ3n) is 4.60. The summed E-state index contributed by atoms with van der Waals surface area (Å²) in [4.78, 5) is 12.5. The molecular weight excluding hydrogens is 447 g/mol. The molecule has 0 saturated heterocycles. The van der Waals surface area contributed by atoms with Gasteiger partial charge in [0.05, 0.1) is 6.61 Å². The zero-order valence-electron chi connectivity index (χ0n) is 17.2. The standard InChI is InChI=1S/C25H20Cl2N2O3/c1-2-32-24-13-16(12-23(27)21(24)14-17-5-3-4-6-22(17)26)11-18(15-28)25(31)29-19-7-9-20(30)10-8-19/h3-13,30H,2,14H2,1H3,(H,29,31)/b18-11+. The van der Waals surface area contributed by atoms with Crippen LogP contribution in [0.1, 0.15) is 23.6 Å². The summed E-state index contributed by atoms with van der Waals surface area (Å²) in [5.41, 5.74) is 2.59. The fourth-order valence-corrected chi connectivity index (χ4v) is 3.55. The first-order chi connectivity index (χ1) is 15.4. The van der Waals surface area contributed by atoms with E-state index in [1.165, 1.54) is 30.3 Å². The molecular formula is C25H20Cl2N2O3. The Bertz CT molecular complexity index is 1200. The van der Waals surface area contributed by atoms with Crippen LogP contribution in [0.5, 0.6) is 11.5 Å². The summed E-state index contributed by atoms with van der Waals surface area (Å²) >= 11 is 12.9. The van der Waals surface area contributed by atoms with Crippen LogP contribution in [0.3, 0.4) is 0 Å². The van der Waals surface area contributed by atoms with Crippen molar-refractivity contribution in [2.24, 2.45) is 0 Å². The summed E-state index contributed by atoms with van der Waals surface area (Å²) in [5, 5.41) is 22.6. The van der Waals surface area contributed by atoms with Crippen molar-refractivity contribution in [2.45, 2.75) is 13.3 Å². The average molecular weight is 467 g/mol. The van der Waals surface area contributed by atoms with E-state index in [-0.39, 0.29) is 11.3 Å². The average Bonchev–Trinajstić information content (AvgIpc) is 2.77. The Balaban J connectivity index is 1.91. The van der Waals surface area contributed by atoms with E-state index in [9.17, 15) is 15.2 Å². The number of rotatable bonds is 7. The van der Waals surface area contributed by atoms with Crippen molar-refractivity contribution in [3.63, 3.8) is 0 Å². The van der Waals surface area contributed by atoms with Crippen molar-refractivity contribution in [3.8, 4) is 17.6 Å². The number of hydrogen-bond donors (Lipinski definition) is 2. The van der Waals surface area contributed by atoms with Crippen molar-refractivity contribution in [3.05, 3.63) is 93.0 Å². The predicted octanol–water partition coefficient (Wildman–Crippen LogP) is 6.23. The largest absolute Gasteiger partial charge is 0.508 e. The maximum Gasteiger partial charge on any atom is 0.266 e. The number of nitrogens with zero attached hydrogens (tertiary/aromatic N) is 1. The number of phenols is 1. The van der Waals surface area contributed by atoms with Crippen molar-refractivity contribution in [2.75, 3.05) is 11.9 Å². The molecule has 0 bridgehead atoms. The molecule has 2 N–H and O–H groups in total. The molecule has 5 nitrogen and oxygen atoms in total. The number of halogens is 2. The lowest BCUT2D eigenvalue weighted by Gasteiger charge is -2.14. The number of nitrogens with one attached hydrogen (secondary N) is 1. The molecule has 0 heterocycles. The highest BCUT2D eigenvalue weighted by atomic mass is 35.5. The van der Waals surface area contributed by atoms with Gasteiger partial charge in [0.1, 0.15) is 23.1 Å². The molecule has 162 valence electrons. The van der Waals surface area contributed by atoms with Gasteiger partial charge in [0.2, 0.25) is 0 Å². The number of phenolic OH excluding ortho intramolecular Hbond substituents is 1. The van der Waals surface area contributed by atoms with Crippen LogP contribution in [0, 0.1) is 11.3 Å². The van der Waals surface area contributed by atoms with Gasteiger partial charge in [-0.2, -0.15) is 5.26 Å². The van der Waals surface area contributed by atoms with E-state index in [1.54, 1.807) is 12.1 Å². The van der Waals surface area contributed by atoms with Crippen LogP contribution in [0.4, 0.5) is 5.69 Å². The van der Waals surface area contributed by atoms with Gasteiger partial charge in [-0.25, -0.2) is 0 Å². The molecule has 3 aromatic carbocycles. The smallest absolute Gasteiger partial charge is 0.266 e. The minimum atomic E-state index is -0.576. The van der Waals surface area contributed by atoms with E-state index in [2.05, 4.69) is 5.32 Å². The summed E-state index contributed by atoms with van der Waals surface area (Å²) < 4.78 is 5.79. The molecule has 0 atom stereocenters. The highest BCUT2D eigenvalue weighted by Crippen LogP contribution is 2.33. The summed E-state index contributed by atoms with van der Waals surface area (Å²) in [6.45, 7) is 2.28. The Morgan fingerprint density at radius 3 is 2.50 bits per heavy atom. The minimum Gasteiger partial charge on any atom is -0.508 e. The monoisotopic (exact) mass is 466 g/mol. The molecule has 0 fully saturated rings. The molecule has 0 aliphatic rings. The molecule has 3 rings (SSSR count). The normalized spacial score (nSPS) is 11.0. The molecule has 0 saturated carbocycles. The Kier molecular flexibility index (Phi) is 7.77. The third-order valence-corrected chi connectivity index (χ3v) is 5.31. The first kappa shape index (κ1) is 23.2. The van der Waals surface area contributed by atoms with Gasteiger partial charge >= 0.3 is 0 Å². The van der Waals surface area contributed by atoms with Crippen molar-refractivity contribution >= 4 is 40.9 Å². The third kappa shape index (κ3) is 5.82. The van der Waals surface area contributed by atoms with Gasteiger partial charge < -0.3 is 15.2 Å². The molecule has 0 radical (unpaired) electrons. The number of benzene rings is 3. The molecule has 32 heavy (non-hydrogen) atoms. The molecule has 0 aromatic heterocycles.